The van der Waals surface area contributed by atoms with Crippen molar-refractivity contribution in [2.24, 2.45) is 47.3 Å². The van der Waals surface area contributed by atoms with Crippen LogP contribution in [0.5, 0.6) is 0 Å². The molecule has 0 heterocycles. The van der Waals surface area contributed by atoms with Gasteiger partial charge in [0.15, 0.2) is 0 Å². The Kier molecular flexibility index (Phi) is 18.3. The number of hydrogen-bond donors (Lipinski definition) is 0. The van der Waals surface area contributed by atoms with Crippen molar-refractivity contribution in [2.45, 2.75) is 87.5 Å². The van der Waals surface area contributed by atoms with E-state index in [1.54, 1.807) is 0 Å². The van der Waals surface area contributed by atoms with Crippen LogP contribution in [0.1, 0.15) is 69.2 Å². The highest BCUT2D eigenvalue weighted by Crippen LogP contribution is 2.40. The maximum atomic E-state index is 6.23. The zero-order chi connectivity index (χ0) is 26.2. The molecule has 0 bridgehead atoms. The maximum absolute atomic E-state index is 6.23. The molecule has 0 saturated carbocycles. The summed E-state index contributed by atoms with van der Waals surface area (Å²) in [7, 11) is 6.69. The monoisotopic (exact) mass is 640 g/mol. The van der Waals surface area contributed by atoms with Gasteiger partial charge in [-0.3, -0.25) is 0 Å². The third-order valence-corrected chi connectivity index (χ3v) is 10.3. The van der Waals surface area contributed by atoms with Crippen molar-refractivity contribution in [3.63, 3.8) is 0 Å². The molecule has 0 fully saturated rings. The third kappa shape index (κ3) is 12.2. The lowest BCUT2D eigenvalue weighted by atomic mass is 9.70. The van der Waals surface area contributed by atoms with Crippen molar-refractivity contribution in [3.8, 4) is 0 Å². The second-order valence-electron chi connectivity index (χ2n) is 10.1. The lowest BCUT2D eigenvalue weighted by molar-refractivity contribution is -0.0178. The Morgan fingerprint density at radius 3 is 1.27 bits per heavy atom. The Morgan fingerprint density at radius 1 is 0.606 bits per heavy atom. The van der Waals surface area contributed by atoms with Crippen LogP contribution in [0.25, 0.3) is 0 Å². The number of hydrogen-bond acceptors (Lipinski definition) is 3. The molecule has 9 unspecified atom stereocenters. The molecule has 0 aliphatic carbocycles. The molecule has 9 atom stereocenters. The van der Waals surface area contributed by atoms with E-state index < -0.39 is 24.9 Å². The predicted octanol–water partition coefficient (Wildman–Crippen LogP) is 8.77. The van der Waals surface area contributed by atoms with Gasteiger partial charge in [0.1, 0.15) is 6.10 Å². The summed E-state index contributed by atoms with van der Waals surface area (Å²) in [6, 6.07) is 0. The number of rotatable bonds is 16. The first-order valence-corrected chi connectivity index (χ1v) is 21.7. The van der Waals surface area contributed by atoms with Crippen LogP contribution >= 0.6 is 65.7 Å². The molecule has 12 heteroatoms. The van der Waals surface area contributed by atoms with Gasteiger partial charge in [0, 0.05) is 6.10 Å². The average molecular weight is 644 g/mol. The van der Waals surface area contributed by atoms with Gasteiger partial charge >= 0.3 is 17.3 Å². The Hall–Kier alpha value is 2.40. The van der Waals surface area contributed by atoms with E-state index in [1.165, 1.54) is 0 Å². The van der Waals surface area contributed by atoms with E-state index in [0.29, 0.717) is 5.92 Å². The molecule has 0 N–H and O–H groups in total. The molecule has 0 radical (unpaired) electrons. The van der Waals surface area contributed by atoms with E-state index in [0.717, 1.165) is 0 Å². The fourth-order valence-corrected chi connectivity index (χ4v) is 8.68. The Balaban J connectivity index is 5.78. The molecule has 0 aromatic heterocycles. The highest BCUT2D eigenvalue weighted by Gasteiger charge is 2.40. The fraction of sp³-hybridized carbons (Fsp3) is 1.00. The Labute approximate surface area is 237 Å². The fourth-order valence-electron chi connectivity index (χ4n) is 4.85. The average Bonchev–Trinajstić information content (AvgIpc) is 2.70. The largest absolute Gasteiger partial charge is 0.558 e. The molecule has 0 amide bonds. The van der Waals surface area contributed by atoms with Gasteiger partial charge in [-0.2, -0.15) is 0 Å². The summed E-state index contributed by atoms with van der Waals surface area (Å²) in [5.74, 6) is 1.84. The van der Waals surface area contributed by atoms with Crippen LogP contribution in [0, 0.1) is 47.3 Å². The standard InChI is InChI=1S/C21H42Cl6O3SSi2/c1-11(2)19(28-31(22)23)15(7)13(5)17(9)21(30-33(26)27)18(10)14(6)16(8)20(12(3)4)29-32(24)25/h11-21,32H,1-10H3. The zero-order valence-corrected chi connectivity index (χ0v) is 28.8. The SMILES string of the molecule is CC(C)C(O[SiH](Cl)Cl)C(C)C(C)C(C)C(O[Si-](Cl)Cl)C(C)C(C)C(C)C(O[S+](Cl)Cl)C(C)C. The van der Waals surface area contributed by atoms with Gasteiger partial charge in [0.2, 0.25) is 21.4 Å². The predicted molar refractivity (Wildman–Crippen MR) is 155 cm³/mol. The second-order valence-corrected chi connectivity index (χ2v) is 19.9. The third-order valence-electron chi connectivity index (χ3n) is 7.37. The van der Waals surface area contributed by atoms with Crippen molar-refractivity contribution in [1.82, 2.24) is 0 Å². The first-order chi connectivity index (χ1) is 15.0. The topological polar surface area (TPSA) is 27.7 Å². The number of halogens is 6. The van der Waals surface area contributed by atoms with E-state index in [2.05, 4.69) is 69.2 Å². The van der Waals surface area contributed by atoms with Gasteiger partial charge in [0.25, 0.3) is 0 Å². The van der Waals surface area contributed by atoms with Crippen molar-refractivity contribution < 1.29 is 13.0 Å². The molecule has 0 spiro atoms. The molecule has 200 valence electrons. The summed E-state index contributed by atoms with van der Waals surface area (Å²) in [4.78, 5) is 0. The van der Waals surface area contributed by atoms with Crippen molar-refractivity contribution in [3.05, 3.63) is 0 Å². The van der Waals surface area contributed by atoms with Crippen LogP contribution in [-0.2, 0) is 22.6 Å². The van der Waals surface area contributed by atoms with Crippen molar-refractivity contribution >= 4 is 90.6 Å². The molecule has 0 aliphatic heterocycles. The van der Waals surface area contributed by atoms with Crippen molar-refractivity contribution in [1.29, 1.82) is 0 Å². The van der Waals surface area contributed by atoms with Gasteiger partial charge < -0.3 is 31.0 Å². The van der Waals surface area contributed by atoms with Crippen molar-refractivity contribution in [2.75, 3.05) is 0 Å². The summed E-state index contributed by atoms with van der Waals surface area (Å²) >= 11 is 24.6. The summed E-state index contributed by atoms with van der Waals surface area (Å²) in [5.41, 5.74) is 0. The first-order valence-electron chi connectivity index (χ1n) is 11.5. The van der Waals surface area contributed by atoms with Gasteiger partial charge in [0.05, 0.1) is 13.8 Å². The lowest BCUT2D eigenvalue weighted by Gasteiger charge is -2.45. The molecule has 0 rings (SSSR count). The quantitative estimate of drug-likeness (QED) is 0.0957. The molecule has 0 saturated heterocycles. The lowest BCUT2D eigenvalue weighted by Crippen LogP contribution is -2.45. The minimum Gasteiger partial charge on any atom is -0.558 e. The normalized spacial score (nSPS) is 21.4. The van der Waals surface area contributed by atoms with E-state index in [1.807, 2.05) is 0 Å². The van der Waals surface area contributed by atoms with Gasteiger partial charge in [-0.25, -0.2) is 0 Å². The summed E-state index contributed by atoms with van der Waals surface area (Å²) in [5, 5.41) is 0. The van der Waals surface area contributed by atoms with Gasteiger partial charge in [-0.1, -0.05) is 69.2 Å². The summed E-state index contributed by atoms with van der Waals surface area (Å²) < 4.78 is 18.1. The summed E-state index contributed by atoms with van der Waals surface area (Å²) in [6.45, 7) is 21.7. The zero-order valence-electron chi connectivity index (χ0n) is 21.3. The summed E-state index contributed by atoms with van der Waals surface area (Å²) in [6.07, 6.45) is -0.227. The first kappa shape index (κ1) is 35.4. The van der Waals surface area contributed by atoms with E-state index in [-0.39, 0.29) is 59.7 Å². The Morgan fingerprint density at radius 2 is 0.970 bits per heavy atom. The van der Waals surface area contributed by atoms with Gasteiger partial charge in [-0.15, -0.1) is 26.3 Å². The van der Waals surface area contributed by atoms with Crippen LogP contribution in [0.15, 0.2) is 0 Å². The Bertz CT molecular complexity index is 496. The molecule has 3 nitrogen and oxygen atoms in total. The van der Waals surface area contributed by atoms with Crippen LogP contribution in [-0.4, -0.2) is 33.6 Å². The van der Waals surface area contributed by atoms with Crippen LogP contribution in [0.2, 0.25) is 0 Å². The highest BCUT2D eigenvalue weighted by molar-refractivity contribution is 8.32. The van der Waals surface area contributed by atoms with E-state index in [9.17, 15) is 0 Å². The van der Waals surface area contributed by atoms with Crippen LogP contribution < -0.4 is 0 Å². The van der Waals surface area contributed by atoms with E-state index >= 15 is 0 Å². The highest BCUT2D eigenvalue weighted by atomic mass is 36.0. The molecular weight excluding hydrogens is 601 g/mol. The smallest absolute Gasteiger partial charge is 0.384 e. The van der Waals surface area contributed by atoms with Crippen LogP contribution in [0.4, 0.5) is 0 Å². The maximum Gasteiger partial charge on any atom is 0.384 e. The molecule has 0 aliphatic rings. The minimum atomic E-state index is -2.20. The second kappa shape index (κ2) is 17.1. The minimum absolute atomic E-state index is 0.0257. The molecule has 0 aromatic rings. The molecular formula is C21H42Cl6O3SSi2. The molecule has 33 heavy (non-hydrogen) atoms. The van der Waals surface area contributed by atoms with Crippen LogP contribution in [0.3, 0.4) is 0 Å². The van der Waals surface area contributed by atoms with Gasteiger partial charge in [-0.05, 0) is 47.3 Å². The molecule has 0 aromatic carbocycles. The van der Waals surface area contributed by atoms with E-state index in [4.69, 9.17) is 78.7 Å².